The van der Waals surface area contributed by atoms with Crippen LogP contribution in [0.2, 0.25) is 5.02 Å². The maximum Gasteiger partial charge on any atom is 0.343 e. The molecule has 4 rings (SSSR count). The summed E-state index contributed by atoms with van der Waals surface area (Å²) >= 11 is 10.3. The quantitative estimate of drug-likeness (QED) is 0.187. The molecule has 0 saturated carbocycles. The van der Waals surface area contributed by atoms with Gasteiger partial charge in [0.25, 0.3) is 0 Å². The number of pyridine rings is 1. The van der Waals surface area contributed by atoms with Crippen molar-refractivity contribution in [3.63, 3.8) is 0 Å². The summed E-state index contributed by atoms with van der Waals surface area (Å²) in [5.41, 5.74) is 4.61. The summed E-state index contributed by atoms with van der Waals surface area (Å²) in [5.74, 6) is 5.09. The number of aliphatic hydroxyl groups excluding tert-OH is 1. The third-order valence-electron chi connectivity index (χ3n) is 5.90. The molecule has 39 heavy (non-hydrogen) atoms. The van der Waals surface area contributed by atoms with Crippen LogP contribution >= 0.6 is 27.5 Å². The van der Waals surface area contributed by atoms with Crippen molar-refractivity contribution in [1.29, 1.82) is 0 Å². The molecule has 0 radical (unpaired) electrons. The fraction of sp³-hybridized carbons (Fsp3) is 0.172. The van der Waals surface area contributed by atoms with Gasteiger partial charge in [-0.1, -0.05) is 66.2 Å². The number of aliphatic hydroxyl groups is 1. The third-order valence-corrected chi connectivity index (χ3v) is 7.13. The van der Waals surface area contributed by atoms with Crippen LogP contribution in [0.4, 0.5) is 0 Å². The predicted octanol–water partition coefficient (Wildman–Crippen LogP) is 5.19. The van der Waals surface area contributed by atoms with Crippen LogP contribution in [0, 0.1) is 0 Å². The first-order chi connectivity index (χ1) is 19.0. The lowest BCUT2D eigenvalue weighted by molar-refractivity contribution is -0.147. The van der Waals surface area contributed by atoms with Crippen LogP contribution in [0.3, 0.4) is 0 Å². The summed E-state index contributed by atoms with van der Waals surface area (Å²) < 4.78 is 13.2. The minimum absolute atomic E-state index is 0.146. The Morgan fingerprint density at radius 1 is 1.00 bits per heavy atom. The van der Waals surface area contributed by atoms with Crippen LogP contribution in [0.25, 0.3) is 11.1 Å². The van der Waals surface area contributed by atoms with Crippen LogP contribution in [-0.2, 0) is 29.4 Å². The zero-order valence-electron chi connectivity index (χ0n) is 20.8. The molecule has 4 N–H and O–H groups in total. The summed E-state index contributed by atoms with van der Waals surface area (Å²) in [7, 11) is 0. The number of nitrogens with two attached hydrogens (primary N) is 1. The topological polar surface area (TPSA) is 116 Å². The minimum Gasteiger partial charge on any atom is -0.488 e. The first-order valence-electron chi connectivity index (χ1n) is 12.0. The zero-order chi connectivity index (χ0) is 27.6. The minimum atomic E-state index is -1.01. The van der Waals surface area contributed by atoms with E-state index in [4.69, 9.17) is 27.0 Å². The van der Waals surface area contributed by atoms with E-state index in [9.17, 15) is 9.90 Å². The first kappa shape index (κ1) is 28.5. The first-order valence-corrected chi connectivity index (χ1v) is 13.2. The highest BCUT2D eigenvalue weighted by atomic mass is 79.9. The second kappa shape index (κ2) is 14.1. The third kappa shape index (κ3) is 7.56. The summed E-state index contributed by atoms with van der Waals surface area (Å²) in [5, 5.41) is 12.8. The van der Waals surface area contributed by atoms with Crippen LogP contribution in [0.1, 0.15) is 16.7 Å². The molecule has 0 aliphatic heterocycles. The Kier molecular flexibility index (Phi) is 10.3. The molecule has 0 aliphatic carbocycles. The molecule has 0 spiro atoms. The normalized spacial score (nSPS) is 11.6. The highest BCUT2D eigenvalue weighted by Crippen LogP contribution is 2.36. The Labute approximate surface area is 239 Å². The zero-order valence-corrected chi connectivity index (χ0v) is 23.2. The fourth-order valence-corrected chi connectivity index (χ4v) is 4.68. The van der Waals surface area contributed by atoms with E-state index < -0.39 is 18.6 Å². The molecule has 8 nitrogen and oxygen atoms in total. The lowest BCUT2D eigenvalue weighted by Crippen LogP contribution is -2.41. The van der Waals surface area contributed by atoms with Crippen molar-refractivity contribution in [2.45, 2.75) is 25.8 Å². The number of nitrogens with one attached hydrogen (secondary N) is 1. The average molecular weight is 613 g/mol. The molecule has 1 heterocycles. The summed E-state index contributed by atoms with van der Waals surface area (Å²) in [6.45, 7) is 0.164. The molecule has 0 fully saturated rings. The van der Waals surface area contributed by atoms with E-state index >= 15 is 0 Å². The maximum absolute atomic E-state index is 11.8. The largest absolute Gasteiger partial charge is 0.488 e. The number of carbonyl (C=O) groups excluding carboxylic acids is 1. The number of hydrogen-bond donors (Lipinski definition) is 3. The number of benzene rings is 3. The number of hydrogen-bond acceptors (Lipinski definition) is 8. The molecule has 3 aromatic carbocycles. The second-order valence-electron chi connectivity index (χ2n) is 8.53. The summed E-state index contributed by atoms with van der Waals surface area (Å²) in [6, 6.07) is 22.2. The van der Waals surface area contributed by atoms with Gasteiger partial charge in [-0.05, 0) is 39.2 Å². The van der Waals surface area contributed by atoms with Crippen LogP contribution in [0.15, 0.2) is 89.7 Å². The van der Waals surface area contributed by atoms with Crippen molar-refractivity contribution in [3.8, 4) is 22.6 Å². The van der Waals surface area contributed by atoms with E-state index in [1.807, 2.05) is 48.5 Å². The van der Waals surface area contributed by atoms with Gasteiger partial charge in [-0.3, -0.25) is 10.3 Å². The Morgan fingerprint density at radius 3 is 2.51 bits per heavy atom. The summed E-state index contributed by atoms with van der Waals surface area (Å²) in [4.78, 5) is 20.1. The van der Waals surface area contributed by atoms with Crippen molar-refractivity contribution in [3.05, 3.63) is 111 Å². The molecule has 1 atom stereocenters. The smallest absolute Gasteiger partial charge is 0.343 e. The van der Waals surface area contributed by atoms with E-state index in [1.54, 1.807) is 24.5 Å². The molecular weight excluding hydrogens is 586 g/mol. The predicted molar refractivity (Wildman–Crippen MR) is 152 cm³/mol. The standard InChI is InChI=1S/C29H27BrClN3O5/c30-28-21(9-4-10-23(28)20-7-2-1-3-8-20)18-38-27-13-26(37-17-19-6-5-11-33-14-19)22(12-24(27)31)15-34-25(16-35)29(36)39-32/h1-14,25,34-35H,15-18,32H2. The van der Waals surface area contributed by atoms with Gasteiger partial charge in [0.15, 0.2) is 0 Å². The van der Waals surface area contributed by atoms with Crippen molar-refractivity contribution < 1.29 is 24.2 Å². The Hall–Kier alpha value is -3.47. The highest BCUT2D eigenvalue weighted by Gasteiger charge is 2.20. The van der Waals surface area contributed by atoms with Gasteiger partial charge in [0, 0.05) is 46.2 Å². The van der Waals surface area contributed by atoms with Crippen LogP contribution < -0.4 is 20.7 Å². The molecular formula is C29H27BrClN3O5. The average Bonchev–Trinajstić information content (AvgIpc) is 2.97. The van der Waals surface area contributed by atoms with Crippen molar-refractivity contribution in [1.82, 2.24) is 10.3 Å². The van der Waals surface area contributed by atoms with Gasteiger partial charge in [0.2, 0.25) is 0 Å². The molecule has 4 aromatic rings. The van der Waals surface area contributed by atoms with Crippen LogP contribution in [-0.4, -0.2) is 28.7 Å². The monoisotopic (exact) mass is 611 g/mol. The van der Waals surface area contributed by atoms with E-state index in [0.717, 1.165) is 26.7 Å². The number of carbonyl (C=O) groups is 1. The van der Waals surface area contributed by atoms with E-state index in [-0.39, 0.29) is 19.8 Å². The van der Waals surface area contributed by atoms with Crippen LogP contribution in [0.5, 0.6) is 11.5 Å². The second-order valence-corrected chi connectivity index (χ2v) is 9.73. The SMILES string of the molecule is NOC(=O)C(CO)NCc1cc(Cl)c(OCc2cccc(-c3ccccc3)c2Br)cc1OCc1cccnc1. The van der Waals surface area contributed by atoms with Gasteiger partial charge in [0.1, 0.15) is 30.8 Å². The van der Waals surface area contributed by atoms with Crippen molar-refractivity contribution in [2.24, 2.45) is 5.90 Å². The number of halogens is 2. The molecule has 1 unspecified atom stereocenters. The van der Waals surface area contributed by atoms with Gasteiger partial charge < -0.3 is 19.4 Å². The molecule has 0 saturated heterocycles. The van der Waals surface area contributed by atoms with Gasteiger partial charge >= 0.3 is 5.97 Å². The number of aromatic nitrogens is 1. The van der Waals surface area contributed by atoms with Crippen molar-refractivity contribution in [2.75, 3.05) is 6.61 Å². The molecule has 0 aliphatic rings. The lowest BCUT2D eigenvalue weighted by atomic mass is 10.0. The van der Waals surface area contributed by atoms with Gasteiger partial charge in [-0.25, -0.2) is 4.79 Å². The number of rotatable bonds is 12. The molecule has 1 aromatic heterocycles. The molecule has 0 bridgehead atoms. The highest BCUT2D eigenvalue weighted by molar-refractivity contribution is 9.10. The van der Waals surface area contributed by atoms with Gasteiger partial charge in [-0.15, -0.1) is 0 Å². The number of nitrogens with zero attached hydrogens (tertiary/aromatic N) is 1. The summed E-state index contributed by atoms with van der Waals surface area (Å²) in [6.07, 6.45) is 3.39. The Morgan fingerprint density at radius 2 is 1.79 bits per heavy atom. The van der Waals surface area contributed by atoms with E-state index in [2.05, 4.69) is 43.2 Å². The van der Waals surface area contributed by atoms with Gasteiger partial charge in [0.05, 0.1) is 11.6 Å². The lowest BCUT2D eigenvalue weighted by Gasteiger charge is -2.18. The van der Waals surface area contributed by atoms with Crippen molar-refractivity contribution >= 4 is 33.5 Å². The fourth-order valence-electron chi connectivity index (χ4n) is 3.83. The maximum atomic E-state index is 11.8. The van der Waals surface area contributed by atoms with E-state index in [1.165, 1.54) is 0 Å². The Balaban J connectivity index is 1.56. The molecule has 10 heteroatoms. The number of ether oxygens (including phenoxy) is 2. The molecule has 202 valence electrons. The van der Waals surface area contributed by atoms with Gasteiger partial charge in [-0.2, -0.15) is 5.90 Å². The van der Waals surface area contributed by atoms with E-state index in [0.29, 0.717) is 22.1 Å². The molecule has 0 amide bonds. The Bertz CT molecular complexity index is 1390.